The maximum Gasteiger partial charge on any atom is 0.192 e. The molecule has 5 aromatic rings. The molecule has 0 spiro atoms. The Morgan fingerprint density at radius 3 is 2.62 bits per heavy atom. The van der Waals surface area contributed by atoms with Crippen molar-refractivity contribution in [1.82, 2.24) is 9.97 Å². The average molecular weight is 499 g/mol. The number of aryl methyl sites for hydroxylation is 1. The zero-order valence-electron chi connectivity index (χ0n) is 18.1. The van der Waals surface area contributed by atoms with Crippen molar-refractivity contribution in [2.75, 3.05) is 4.72 Å². The van der Waals surface area contributed by atoms with Gasteiger partial charge in [-0.2, -0.15) is 5.26 Å². The van der Waals surface area contributed by atoms with Gasteiger partial charge in [-0.1, -0.05) is 30.3 Å². The van der Waals surface area contributed by atoms with Gasteiger partial charge in [-0.05, 0) is 55.3 Å². The second-order valence-corrected chi connectivity index (χ2v) is 10.3. The van der Waals surface area contributed by atoms with Gasteiger partial charge in [0.25, 0.3) is 0 Å². The SMILES string of the molecule is Cc1ccc(-c2cc(-c3ccccc3)ncc2Oc2ccc(SNc3nccs3)cc2C#N)s1. The van der Waals surface area contributed by atoms with E-state index in [0.717, 1.165) is 31.7 Å². The van der Waals surface area contributed by atoms with Gasteiger partial charge < -0.3 is 9.46 Å². The number of ether oxygens (including phenoxy) is 1. The summed E-state index contributed by atoms with van der Waals surface area (Å²) in [4.78, 5) is 12.0. The third-order valence-corrected chi connectivity index (χ3v) is 7.56. The minimum absolute atomic E-state index is 0.450. The summed E-state index contributed by atoms with van der Waals surface area (Å²) in [6.07, 6.45) is 3.48. The summed E-state index contributed by atoms with van der Waals surface area (Å²) in [5.74, 6) is 1.10. The topological polar surface area (TPSA) is 70.8 Å². The quantitative estimate of drug-likeness (QED) is 0.229. The van der Waals surface area contributed by atoms with Crippen LogP contribution in [0.2, 0.25) is 0 Å². The third kappa shape index (κ3) is 4.97. The number of rotatable bonds is 7. The zero-order valence-corrected chi connectivity index (χ0v) is 20.5. The molecule has 0 radical (unpaired) electrons. The Kier molecular flexibility index (Phi) is 6.58. The fraction of sp³-hybridized carbons (Fsp3) is 0.0385. The van der Waals surface area contributed by atoms with Gasteiger partial charge >= 0.3 is 0 Å². The van der Waals surface area contributed by atoms with Crippen LogP contribution in [0, 0.1) is 18.3 Å². The van der Waals surface area contributed by atoms with Crippen molar-refractivity contribution in [3.63, 3.8) is 0 Å². The summed E-state index contributed by atoms with van der Waals surface area (Å²) in [5, 5.41) is 12.5. The molecule has 3 heterocycles. The fourth-order valence-electron chi connectivity index (χ4n) is 3.31. The lowest BCUT2D eigenvalue weighted by Crippen LogP contribution is -1.94. The number of hydrogen-bond acceptors (Lipinski definition) is 8. The Hall–Kier alpha value is -3.64. The van der Waals surface area contributed by atoms with Crippen LogP contribution in [0.1, 0.15) is 10.4 Å². The summed E-state index contributed by atoms with van der Waals surface area (Å²) in [5.41, 5.74) is 3.30. The minimum atomic E-state index is 0.450. The Balaban J connectivity index is 1.47. The number of thiazole rings is 1. The van der Waals surface area contributed by atoms with Crippen LogP contribution in [0.25, 0.3) is 21.7 Å². The largest absolute Gasteiger partial charge is 0.454 e. The van der Waals surface area contributed by atoms with E-state index in [1.807, 2.05) is 53.9 Å². The zero-order chi connectivity index (χ0) is 23.3. The van der Waals surface area contributed by atoms with Gasteiger partial charge in [0, 0.05) is 37.4 Å². The van der Waals surface area contributed by atoms with Crippen LogP contribution in [0.4, 0.5) is 5.13 Å². The standard InChI is InChI=1S/C26H18N4OS3/c1-17-7-10-25(33-17)21-14-22(18-5-3-2-4-6-18)29-16-24(21)31-23-9-8-20(13-19(23)15-27)34-30-26-28-11-12-32-26/h2-14,16H,1H3,(H,28,30). The number of benzene rings is 2. The minimum Gasteiger partial charge on any atom is -0.454 e. The highest BCUT2D eigenvalue weighted by molar-refractivity contribution is 8.00. The van der Waals surface area contributed by atoms with Crippen LogP contribution in [-0.4, -0.2) is 9.97 Å². The first-order chi connectivity index (χ1) is 16.7. The first-order valence-electron chi connectivity index (χ1n) is 10.4. The molecule has 3 aromatic heterocycles. The second kappa shape index (κ2) is 10.1. The molecule has 0 amide bonds. The normalized spacial score (nSPS) is 10.6. The Bertz CT molecular complexity index is 1460. The van der Waals surface area contributed by atoms with Gasteiger partial charge in [-0.15, -0.1) is 22.7 Å². The van der Waals surface area contributed by atoms with E-state index in [9.17, 15) is 5.26 Å². The molecule has 0 saturated heterocycles. The van der Waals surface area contributed by atoms with Crippen molar-refractivity contribution in [2.45, 2.75) is 11.8 Å². The summed E-state index contributed by atoms with van der Waals surface area (Å²) in [6.45, 7) is 2.08. The van der Waals surface area contributed by atoms with Gasteiger partial charge in [0.15, 0.2) is 10.9 Å². The molecule has 8 heteroatoms. The average Bonchev–Trinajstić information content (AvgIpc) is 3.56. The second-order valence-electron chi connectivity index (χ2n) is 7.26. The molecule has 0 bridgehead atoms. The highest BCUT2D eigenvalue weighted by Gasteiger charge is 2.15. The number of hydrogen-bond donors (Lipinski definition) is 1. The van der Waals surface area contributed by atoms with Crippen LogP contribution in [0.3, 0.4) is 0 Å². The molecule has 34 heavy (non-hydrogen) atoms. The molecular weight excluding hydrogens is 481 g/mol. The van der Waals surface area contributed by atoms with Gasteiger partial charge in [0.1, 0.15) is 11.8 Å². The molecule has 0 atom stereocenters. The molecule has 1 N–H and O–H groups in total. The van der Waals surface area contributed by atoms with Gasteiger partial charge in [0.2, 0.25) is 0 Å². The number of nitriles is 1. The lowest BCUT2D eigenvalue weighted by molar-refractivity contribution is 0.480. The predicted octanol–water partition coefficient (Wildman–Crippen LogP) is 8.03. The van der Waals surface area contributed by atoms with Gasteiger partial charge in [-0.25, -0.2) is 4.98 Å². The molecule has 2 aromatic carbocycles. The maximum atomic E-state index is 9.77. The lowest BCUT2D eigenvalue weighted by Gasteiger charge is -2.13. The molecule has 0 aliphatic rings. The van der Waals surface area contributed by atoms with E-state index in [-0.39, 0.29) is 0 Å². The number of anilines is 1. The van der Waals surface area contributed by atoms with Crippen LogP contribution in [0.15, 0.2) is 89.4 Å². The molecule has 166 valence electrons. The molecule has 5 rings (SSSR count). The Morgan fingerprint density at radius 1 is 1.00 bits per heavy atom. The van der Waals surface area contributed by atoms with Crippen molar-refractivity contribution in [2.24, 2.45) is 0 Å². The molecule has 0 saturated carbocycles. The summed E-state index contributed by atoms with van der Waals surface area (Å²) < 4.78 is 9.45. The van der Waals surface area contributed by atoms with E-state index in [0.29, 0.717) is 17.1 Å². The molecule has 0 aliphatic heterocycles. The van der Waals surface area contributed by atoms with Crippen molar-refractivity contribution >= 4 is 39.8 Å². The molecule has 0 fully saturated rings. The van der Waals surface area contributed by atoms with E-state index in [2.05, 4.69) is 39.8 Å². The van der Waals surface area contributed by atoms with Crippen molar-refractivity contribution < 1.29 is 4.74 Å². The van der Waals surface area contributed by atoms with Crippen LogP contribution in [-0.2, 0) is 0 Å². The predicted molar refractivity (Wildman–Crippen MR) is 141 cm³/mol. The fourth-order valence-corrected chi connectivity index (χ4v) is 5.46. The molecule has 5 nitrogen and oxygen atoms in total. The first kappa shape index (κ1) is 22.2. The highest BCUT2D eigenvalue weighted by atomic mass is 32.2. The summed E-state index contributed by atoms with van der Waals surface area (Å²) >= 11 is 4.62. The monoisotopic (exact) mass is 498 g/mol. The summed E-state index contributed by atoms with van der Waals surface area (Å²) in [7, 11) is 0. The van der Waals surface area contributed by atoms with Crippen molar-refractivity contribution in [3.05, 3.63) is 94.9 Å². The van der Waals surface area contributed by atoms with Gasteiger partial charge in [-0.3, -0.25) is 4.98 Å². The van der Waals surface area contributed by atoms with E-state index >= 15 is 0 Å². The Labute approximate surface area is 209 Å². The van der Waals surface area contributed by atoms with Crippen LogP contribution >= 0.6 is 34.6 Å². The van der Waals surface area contributed by atoms with Crippen LogP contribution < -0.4 is 9.46 Å². The van der Waals surface area contributed by atoms with E-state index < -0.39 is 0 Å². The van der Waals surface area contributed by atoms with Crippen molar-refractivity contribution in [3.8, 4) is 39.3 Å². The number of thiophene rings is 1. The lowest BCUT2D eigenvalue weighted by atomic mass is 10.1. The first-order valence-corrected chi connectivity index (χ1v) is 12.9. The number of pyridine rings is 1. The molecule has 0 unspecified atom stereocenters. The van der Waals surface area contributed by atoms with Crippen molar-refractivity contribution in [1.29, 1.82) is 5.26 Å². The molecular formula is C26H18N4OS3. The van der Waals surface area contributed by atoms with Gasteiger partial charge in [0.05, 0.1) is 17.5 Å². The van der Waals surface area contributed by atoms with E-state index in [1.165, 1.54) is 28.2 Å². The number of nitrogens with one attached hydrogen (secondary N) is 1. The van der Waals surface area contributed by atoms with E-state index in [1.54, 1.807) is 29.8 Å². The van der Waals surface area contributed by atoms with Crippen LogP contribution in [0.5, 0.6) is 11.5 Å². The van der Waals surface area contributed by atoms with E-state index in [4.69, 9.17) is 4.74 Å². The number of nitrogens with zero attached hydrogens (tertiary/aromatic N) is 3. The Morgan fingerprint density at radius 2 is 1.88 bits per heavy atom. The third-order valence-electron chi connectivity index (χ3n) is 4.92. The summed E-state index contributed by atoms with van der Waals surface area (Å²) in [6, 6.07) is 24.1. The smallest absolute Gasteiger partial charge is 0.192 e. The highest BCUT2D eigenvalue weighted by Crippen LogP contribution is 2.40. The maximum absolute atomic E-state index is 9.77. The number of aromatic nitrogens is 2. The molecule has 0 aliphatic carbocycles.